The van der Waals surface area contributed by atoms with Crippen LogP contribution < -0.4 is 10.1 Å². The Hall–Kier alpha value is -2.93. The normalized spacial score (nSPS) is 14.5. The number of ether oxygens (including phenoxy) is 1. The van der Waals surface area contributed by atoms with Crippen molar-refractivity contribution < 1.29 is 14.3 Å². The lowest BCUT2D eigenvalue weighted by Crippen LogP contribution is -2.50. The first kappa shape index (κ1) is 20.8. The topological polar surface area (TPSA) is 74.8 Å². The molecule has 2 heterocycles. The molecule has 1 aliphatic heterocycles. The van der Waals surface area contributed by atoms with E-state index in [1.165, 1.54) is 0 Å². The average Bonchev–Trinajstić information content (AvgIpc) is 2.72. The average molecular weight is 396 g/mol. The van der Waals surface area contributed by atoms with Gasteiger partial charge in [0.25, 0.3) is 5.91 Å². The lowest BCUT2D eigenvalue weighted by Gasteiger charge is -2.34. The molecular weight excluding hydrogens is 368 g/mol. The highest BCUT2D eigenvalue weighted by atomic mass is 16.5. The first-order valence-corrected chi connectivity index (χ1v) is 9.95. The third kappa shape index (κ3) is 5.12. The largest absolute Gasteiger partial charge is 0.477 e. The van der Waals surface area contributed by atoms with Gasteiger partial charge in [-0.05, 0) is 44.0 Å². The summed E-state index contributed by atoms with van der Waals surface area (Å²) in [5, 5.41) is 3.02. The summed E-state index contributed by atoms with van der Waals surface area (Å²) >= 11 is 0. The zero-order valence-electron chi connectivity index (χ0n) is 17.3. The molecule has 1 aromatic carbocycles. The van der Waals surface area contributed by atoms with Gasteiger partial charge in [0.1, 0.15) is 5.56 Å². The van der Waals surface area contributed by atoms with Gasteiger partial charge in [0.2, 0.25) is 11.8 Å². The van der Waals surface area contributed by atoms with E-state index in [1.54, 1.807) is 23.2 Å². The van der Waals surface area contributed by atoms with Gasteiger partial charge < -0.3 is 15.0 Å². The highest BCUT2D eigenvalue weighted by Crippen LogP contribution is 2.20. The van der Waals surface area contributed by atoms with E-state index in [2.05, 4.69) is 15.2 Å². The number of hydrogen-bond donors (Lipinski definition) is 1. The van der Waals surface area contributed by atoms with Gasteiger partial charge in [-0.1, -0.05) is 18.2 Å². The summed E-state index contributed by atoms with van der Waals surface area (Å²) in [5.74, 6) is 0.254. The zero-order chi connectivity index (χ0) is 20.8. The molecule has 154 valence electrons. The molecule has 1 aromatic heterocycles. The number of amides is 2. The number of para-hydroxylation sites is 1. The molecule has 1 N–H and O–H groups in total. The van der Waals surface area contributed by atoms with Crippen molar-refractivity contribution in [1.82, 2.24) is 14.8 Å². The molecule has 0 atom stereocenters. The second-order valence-corrected chi connectivity index (χ2v) is 7.17. The maximum Gasteiger partial charge on any atom is 0.259 e. The summed E-state index contributed by atoms with van der Waals surface area (Å²) in [6, 6.07) is 9.44. The Morgan fingerprint density at radius 2 is 1.76 bits per heavy atom. The monoisotopic (exact) mass is 396 g/mol. The molecule has 2 amide bonds. The van der Waals surface area contributed by atoms with Crippen molar-refractivity contribution in [3.05, 3.63) is 53.2 Å². The molecule has 1 saturated heterocycles. The molecule has 0 radical (unpaired) electrons. The number of pyridine rings is 1. The summed E-state index contributed by atoms with van der Waals surface area (Å²) in [5.41, 5.74) is 3.47. The Kier molecular flexibility index (Phi) is 6.82. The number of piperazine rings is 1. The molecule has 3 rings (SSSR count). The van der Waals surface area contributed by atoms with Crippen molar-refractivity contribution >= 4 is 17.5 Å². The number of rotatable bonds is 6. The van der Waals surface area contributed by atoms with Crippen LogP contribution in [0.4, 0.5) is 5.69 Å². The van der Waals surface area contributed by atoms with Gasteiger partial charge in [-0.2, -0.15) is 0 Å². The molecular formula is C22H28N4O3. The predicted molar refractivity (Wildman–Crippen MR) is 112 cm³/mol. The van der Waals surface area contributed by atoms with E-state index < -0.39 is 0 Å². The molecule has 0 aliphatic carbocycles. The summed E-state index contributed by atoms with van der Waals surface area (Å²) in [7, 11) is 0. The number of aromatic nitrogens is 1. The Bertz CT molecular complexity index is 856. The molecule has 0 bridgehead atoms. The lowest BCUT2D eigenvalue weighted by atomic mass is 10.1. The Morgan fingerprint density at radius 3 is 2.41 bits per heavy atom. The van der Waals surface area contributed by atoms with Crippen LogP contribution in [0.3, 0.4) is 0 Å². The predicted octanol–water partition coefficient (Wildman–Crippen LogP) is 2.49. The summed E-state index contributed by atoms with van der Waals surface area (Å²) in [6.45, 7) is 9.04. The quantitative estimate of drug-likeness (QED) is 0.812. The second kappa shape index (κ2) is 9.52. The molecule has 1 fully saturated rings. The minimum absolute atomic E-state index is 0.0342. The fourth-order valence-corrected chi connectivity index (χ4v) is 3.48. The van der Waals surface area contributed by atoms with Crippen LogP contribution in [0.1, 0.15) is 28.4 Å². The fourth-order valence-electron chi connectivity index (χ4n) is 3.48. The van der Waals surface area contributed by atoms with E-state index in [1.807, 2.05) is 39.0 Å². The molecule has 7 heteroatoms. The third-order valence-corrected chi connectivity index (χ3v) is 5.05. The van der Waals surface area contributed by atoms with Gasteiger partial charge >= 0.3 is 0 Å². The molecule has 0 spiro atoms. The van der Waals surface area contributed by atoms with E-state index in [4.69, 9.17) is 4.74 Å². The van der Waals surface area contributed by atoms with Crippen LogP contribution in [0.5, 0.6) is 5.88 Å². The Balaban J connectivity index is 1.54. The third-order valence-electron chi connectivity index (χ3n) is 5.05. The van der Waals surface area contributed by atoms with E-state index in [0.717, 1.165) is 16.8 Å². The molecule has 7 nitrogen and oxygen atoms in total. The first-order valence-electron chi connectivity index (χ1n) is 9.95. The Morgan fingerprint density at radius 1 is 1.07 bits per heavy atom. The van der Waals surface area contributed by atoms with Gasteiger partial charge in [0.05, 0.1) is 13.2 Å². The standard InChI is InChI=1S/C22H28N4O3/c1-4-29-21-18(9-6-10-23-21)22(28)26-13-11-25(12-14-26)15-19(27)24-20-16(2)7-5-8-17(20)3/h5-10H,4,11-15H2,1-3H3,(H,24,27). The van der Waals surface area contributed by atoms with Crippen molar-refractivity contribution in [2.24, 2.45) is 0 Å². The van der Waals surface area contributed by atoms with E-state index in [-0.39, 0.29) is 11.8 Å². The van der Waals surface area contributed by atoms with Gasteiger partial charge in [-0.3, -0.25) is 14.5 Å². The number of nitrogens with one attached hydrogen (secondary N) is 1. The summed E-state index contributed by atoms with van der Waals surface area (Å²) < 4.78 is 5.48. The van der Waals surface area contributed by atoms with Crippen LogP contribution in [-0.4, -0.2) is 65.9 Å². The molecule has 1 aliphatic rings. The van der Waals surface area contributed by atoms with E-state index in [0.29, 0.717) is 50.8 Å². The second-order valence-electron chi connectivity index (χ2n) is 7.17. The molecule has 29 heavy (non-hydrogen) atoms. The summed E-state index contributed by atoms with van der Waals surface area (Å²) in [6.07, 6.45) is 1.62. The number of carbonyl (C=O) groups is 2. The smallest absolute Gasteiger partial charge is 0.259 e. The van der Waals surface area contributed by atoms with Crippen LogP contribution in [0.2, 0.25) is 0 Å². The van der Waals surface area contributed by atoms with Gasteiger partial charge in [0, 0.05) is 38.1 Å². The molecule has 0 saturated carbocycles. The van der Waals surface area contributed by atoms with Crippen molar-refractivity contribution in [2.75, 3.05) is 44.6 Å². The van der Waals surface area contributed by atoms with Crippen LogP contribution in [-0.2, 0) is 4.79 Å². The Labute approximate surface area is 171 Å². The van der Waals surface area contributed by atoms with Crippen LogP contribution in [0, 0.1) is 13.8 Å². The SMILES string of the molecule is CCOc1ncccc1C(=O)N1CCN(CC(=O)Nc2c(C)cccc2C)CC1. The van der Waals surface area contributed by atoms with Gasteiger partial charge in [-0.25, -0.2) is 4.98 Å². The van der Waals surface area contributed by atoms with Crippen molar-refractivity contribution in [2.45, 2.75) is 20.8 Å². The summed E-state index contributed by atoms with van der Waals surface area (Å²) in [4.78, 5) is 33.3. The first-order chi connectivity index (χ1) is 14.0. The highest BCUT2D eigenvalue weighted by molar-refractivity contribution is 5.96. The van der Waals surface area contributed by atoms with E-state index >= 15 is 0 Å². The fraction of sp³-hybridized carbons (Fsp3) is 0.409. The van der Waals surface area contributed by atoms with Crippen molar-refractivity contribution in [3.63, 3.8) is 0 Å². The van der Waals surface area contributed by atoms with Crippen molar-refractivity contribution in [3.8, 4) is 5.88 Å². The van der Waals surface area contributed by atoms with E-state index in [9.17, 15) is 9.59 Å². The number of benzene rings is 1. The zero-order valence-corrected chi connectivity index (χ0v) is 17.3. The van der Waals surface area contributed by atoms with Gasteiger partial charge in [-0.15, -0.1) is 0 Å². The minimum atomic E-state index is -0.0822. The number of aryl methyl sites for hydroxylation is 2. The maximum absolute atomic E-state index is 12.8. The number of nitrogens with zero attached hydrogens (tertiary/aromatic N) is 3. The van der Waals surface area contributed by atoms with Crippen LogP contribution >= 0.6 is 0 Å². The number of anilines is 1. The minimum Gasteiger partial charge on any atom is -0.477 e. The van der Waals surface area contributed by atoms with Crippen LogP contribution in [0.15, 0.2) is 36.5 Å². The van der Waals surface area contributed by atoms with Gasteiger partial charge in [0.15, 0.2) is 0 Å². The van der Waals surface area contributed by atoms with Crippen LogP contribution in [0.25, 0.3) is 0 Å². The lowest BCUT2D eigenvalue weighted by molar-refractivity contribution is -0.117. The number of hydrogen-bond acceptors (Lipinski definition) is 5. The highest BCUT2D eigenvalue weighted by Gasteiger charge is 2.25. The number of carbonyl (C=O) groups excluding carboxylic acids is 2. The maximum atomic E-state index is 12.8. The molecule has 2 aromatic rings. The molecule has 0 unspecified atom stereocenters. The van der Waals surface area contributed by atoms with Crippen molar-refractivity contribution in [1.29, 1.82) is 0 Å².